The van der Waals surface area contributed by atoms with Crippen LogP contribution in [0.25, 0.3) is 0 Å². The molecule has 0 saturated carbocycles. The number of nitrogens with one attached hydrogen (secondary N) is 1. The van der Waals surface area contributed by atoms with Gasteiger partial charge < -0.3 is 14.4 Å². The van der Waals surface area contributed by atoms with Crippen molar-refractivity contribution in [3.05, 3.63) is 29.8 Å². The Kier molecular flexibility index (Phi) is 3.79. The lowest BCUT2D eigenvalue weighted by molar-refractivity contribution is -0.169. The number of ether oxygens (including phenoxy) is 2. The highest BCUT2D eigenvalue weighted by Gasteiger charge is 2.39. The number of nitrogens with zero attached hydrogens (tertiary/aromatic N) is 2. The molecule has 0 aromatic heterocycles. The minimum Gasteiger partial charge on any atom is -0.371 e. The van der Waals surface area contributed by atoms with Gasteiger partial charge in [0.2, 0.25) is 5.91 Å². The molecule has 122 valence electrons. The van der Waals surface area contributed by atoms with E-state index in [4.69, 9.17) is 9.47 Å². The van der Waals surface area contributed by atoms with Gasteiger partial charge in [0, 0.05) is 44.5 Å². The lowest BCUT2D eigenvalue weighted by Gasteiger charge is -2.38. The van der Waals surface area contributed by atoms with Crippen LogP contribution in [0.1, 0.15) is 31.2 Å². The normalized spacial score (nSPS) is 23.7. The van der Waals surface area contributed by atoms with E-state index in [1.807, 2.05) is 0 Å². The smallest absolute Gasteiger partial charge is 0.240 e. The number of piperidine rings is 1. The van der Waals surface area contributed by atoms with Crippen molar-refractivity contribution in [2.45, 2.75) is 31.5 Å². The second-order valence-electron chi connectivity index (χ2n) is 6.24. The van der Waals surface area contributed by atoms with Crippen LogP contribution in [0.5, 0.6) is 0 Å². The average Bonchev–Trinajstić information content (AvgIpc) is 3.05. The lowest BCUT2D eigenvalue weighted by atomic mass is 10.0. The first kappa shape index (κ1) is 14.7. The molecule has 3 aliphatic heterocycles. The average molecular weight is 315 g/mol. The first-order chi connectivity index (χ1) is 11.2. The van der Waals surface area contributed by atoms with Crippen LogP contribution < -0.4 is 10.3 Å². The molecule has 23 heavy (non-hydrogen) atoms. The number of anilines is 1. The molecule has 1 N–H and O–H groups in total. The van der Waals surface area contributed by atoms with E-state index in [-0.39, 0.29) is 11.7 Å². The van der Waals surface area contributed by atoms with Gasteiger partial charge in [0.05, 0.1) is 18.9 Å². The van der Waals surface area contributed by atoms with Gasteiger partial charge in [0.15, 0.2) is 5.79 Å². The fourth-order valence-electron chi connectivity index (χ4n) is 3.44. The minimum atomic E-state index is -0.328. The highest BCUT2D eigenvalue weighted by Crippen LogP contribution is 2.33. The Morgan fingerprint density at radius 3 is 2.35 bits per heavy atom. The Hall–Kier alpha value is -1.92. The largest absolute Gasteiger partial charge is 0.371 e. The van der Waals surface area contributed by atoms with Crippen molar-refractivity contribution in [2.24, 2.45) is 5.10 Å². The summed E-state index contributed by atoms with van der Waals surface area (Å²) in [5.74, 6) is -0.338. The summed E-state index contributed by atoms with van der Waals surface area (Å²) in [5, 5.41) is 4.14. The van der Waals surface area contributed by atoms with Gasteiger partial charge >= 0.3 is 0 Å². The van der Waals surface area contributed by atoms with Gasteiger partial charge in [-0.15, -0.1) is 0 Å². The van der Waals surface area contributed by atoms with Crippen LogP contribution >= 0.6 is 0 Å². The maximum Gasteiger partial charge on any atom is 0.240 e. The molecule has 6 nitrogen and oxygen atoms in total. The molecule has 1 amide bonds. The summed E-state index contributed by atoms with van der Waals surface area (Å²) < 4.78 is 11.5. The molecule has 1 aromatic carbocycles. The number of amides is 1. The monoisotopic (exact) mass is 315 g/mol. The van der Waals surface area contributed by atoms with E-state index in [1.165, 1.54) is 5.69 Å². The number of carbonyl (C=O) groups is 1. The molecule has 6 heteroatoms. The minimum absolute atomic E-state index is 0.0102. The number of hydrogen-bond acceptors (Lipinski definition) is 5. The molecule has 0 atom stereocenters. The number of hydrazone groups is 1. The fraction of sp³-hybridized carbons (Fsp3) is 0.529. The topological polar surface area (TPSA) is 63.2 Å². The van der Waals surface area contributed by atoms with Gasteiger partial charge in [-0.2, -0.15) is 5.10 Å². The Bertz CT molecular complexity index is 610. The van der Waals surface area contributed by atoms with E-state index in [2.05, 4.69) is 39.7 Å². The summed E-state index contributed by atoms with van der Waals surface area (Å²) in [7, 11) is 0. The Labute approximate surface area is 135 Å². The van der Waals surface area contributed by atoms with Gasteiger partial charge in [0.1, 0.15) is 0 Å². The molecular weight excluding hydrogens is 294 g/mol. The molecule has 0 unspecified atom stereocenters. The van der Waals surface area contributed by atoms with E-state index >= 15 is 0 Å². The van der Waals surface area contributed by atoms with Crippen LogP contribution in [0.15, 0.2) is 29.4 Å². The second kappa shape index (κ2) is 5.94. The zero-order valence-corrected chi connectivity index (χ0v) is 13.1. The highest BCUT2D eigenvalue weighted by molar-refractivity contribution is 6.04. The maximum absolute atomic E-state index is 11.2. The molecule has 3 heterocycles. The van der Waals surface area contributed by atoms with Gasteiger partial charge in [0.25, 0.3) is 0 Å². The molecular formula is C17H21N3O3. The van der Waals surface area contributed by atoms with E-state index < -0.39 is 0 Å². The SMILES string of the molecule is O=C1CCC(c2ccc(N3CCC4(CC3)OCCO4)cc2)=NN1. The summed E-state index contributed by atoms with van der Waals surface area (Å²) in [4.78, 5) is 13.5. The number of benzene rings is 1. The summed E-state index contributed by atoms with van der Waals surface area (Å²) in [6.07, 6.45) is 3.03. The van der Waals surface area contributed by atoms with Crippen molar-refractivity contribution >= 4 is 17.3 Å². The van der Waals surface area contributed by atoms with Crippen molar-refractivity contribution in [1.82, 2.24) is 5.43 Å². The molecule has 3 aliphatic rings. The van der Waals surface area contributed by atoms with Crippen LogP contribution in [0.2, 0.25) is 0 Å². The van der Waals surface area contributed by atoms with Crippen molar-refractivity contribution < 1.29 is 14.3 Å². The highest BCUT2D eigenvalue weighted by atomic mass is 16.7. The quantitative estimate of drug-likeness (QED) is 0.901. The van der Waals surface area contributed by atoms with Crippen LogP contribution in [-0.4, -0.2) is 43.7 Å². The van der Waals surface area contributed by atoms with Crippen LogP contribution in [0, 0.1) is 0 Å². The van der Waals surface area contributed by atoms with Crippen molar-refractivity contribution in [1.29, 1.82) is 0 Å². The molecule has 0 aliphatic carbocycles. The molecule has 0 bridgehead atoms. The van der Waals surface area contributed by atoms with Crippen LogP contribution in [0.4, 0.5) is 5.69 Å². The molecule has 1 aromatic rings. The predicted octanol–water partition coefficient (Wildman–Crippen LogP) is 1.64. The van der Waals surface area contributed by atoms with E-state index in [0.29, 0.717) is 26.1 Å². The van der Waals surface area contributed by atoms with E-state index in [9.17, 15) is 4.79 Å². The van der Waals surface area contributed by atoms with Gasteiger partial charge in [-0.05, 0) is 17.7 Å². The molecule has 2 saturated heterocycles. The predicted molar refractivity (Wildman–Crippen MR) is 86.4 cm³/mol. The van der Waals surface area contributed by atoms with Gasteiger partial charge in [-0.25, -0.2) is 5.43 Å². The summed E-state index contributed by atoms with van der Waals surface area (Å²) in [6.45, 7) is 3.31. The molecule has 0 radical (unpaired) electrons. The Balaban J connectivity index is 1.42. The maximum atomic E-state index is 11.2. The third-order valence-corrected chi connectivity index (χ3v) is 4.81. The second-order valence-corrected chi connectivity index (χ2v) is 6.24. The fourth-order valence-corrected chi connectivity index (χ4v) is 3.44. The Morgan fingerprint density at radius 1 is 1.04 bits per heavy atom. The van der Waals surface area contributed by atoms with Crippen molar-refractivity contribution in [3.63, 3.8) is 0 Å². The molecule has 1 spiro atoms. The number of hydrogen-bond donors (Lipinski definition) is 1. The van der Waals surface area contributed by atoms with E-state index in [1.54, 1.807) is 0 Å². The molecule has 2 fully saturated rings. The van der Waals surface area contributed by atoms with Gasteiger partial charge in [-0.1, -0.05) is 12.1 Å². The first-order valence-corrected chi connectivity index (χ1v) is 8.23. The summed E-state index contributed by atoms with van der Waals surface area (Å²) in [6, 6.07) is 8.42. The van der Waals surface area contributed by atoms with Crippen molar-refractivity contribution in [2.75, 3.05) is 31.2 Å². The van der Waals surface area contributed by atoms with E-state index in [0.717, 1.165) is 37.2 Å². The van der Waals surface area contributed by atoms with Crippen LogP contribution in [-0.2, 0) is 14.3 Å². The number of carbonyl (C=O) groups excluding carboxylic acids is 1. The zero-order chi connectivity index (χ0) is 15.7. The zero-order valence-electron chi connectivity index (χ0n) is 13.1. The number of rotatable bonds is 2. The van der Waals surface area contributed by atoms with Crippen molar-refractivity contribution in [3.8, 4) is 0 Å². The standard InChI is InChI=1S/C17H21N3O3/c21-16-6-5-15(18-19-16)13-1-3-14(4-2-13)20-9-7-17(8-10-20)22-11-12-23-17/h1-4H,5-12H2,(H,19,21). The first-order valence-electron chi connectivity index (χ1n) is 8.23. The third-order valence-electron chi connectivity index (χ3n) is 4.81. The lowest BCUT2D eigenvalue weighted by Crippen LogP contribution is -2.45. The Morgan fingerprint density at radius 2 is 1.74 bits per heavy atom. The molecule has 4 rings (SSSR count). The summed E-state index contributed by atoms with van der Waals surface area (Å²) in [5.41, 5.74) is 5.78. The third kappa shape index (κ3) is 2.96. The summed E-state index contributed by atoms with van der Waals surface area (Å²) >= 11 is 0. The van der Waals surface area contributed by atoms with Crippen LogP contribution in [0.3, 0.4) is 0 Å². The van der Waals surface area contributed by atoms with Gasteiger partial charge in [-0.3, -0.25) is 4.79 Å².